The van der Waals surface area contributed by atoms with E-state index in [9.17, 15) is 4.79 Å². The molecule has 6 nitrogen and oxygen atoms in total. The van der Waals surface area contributed by atoms with Gasteiger partial charge in [0, 0.05) is 17.0 Å². The van der Waals surface area contributed by atoms with E-state index in [1.165, 1.54) is 11.8 Å². The Morgan fingerprint density at radius 3 is 2.63 bits per heavy atom. The zero-order valence-corrected chi connectivity index (χ0v) is 17.1. The van der Waals surface area contributed by atoms with Crippen LogP contribution < -0.4 is 10.1 Å². The number of carbonyl (C=O) groups excluding carboxylic acids is 1. The van der Waals surface area contributed by atoms with Gasteiger partial charge in [-0.2, -0.15) is 0 Å². The Labute approximate surface area is 178 Å². The van der Waals surface area contributed by atoms with Crippen LogP contribution in [0.2, 0.25) is 0 Å². The maximum absolute atomic E-state index is 12.5. The topological polar surface area (TPSA) is 77.2 Å². The first-order valence-electron chi connectivity index (χ1n) is 9.28. The van der Waals surface area contributed by atoms with Gasteiger partial charge in [-0.15, -0.1) is 10.2 Å². The molecule has 0 aliphatic rings. The standard InChI is InChI=1S/C23H19N3O3S/c1-28-20-13-6-5-12-19(20)22-25-26-23(29-22)30-15-16-8-7-9-17(14-16)21(27)24-18-10-3-2-4-11-18/h2-14H,15H2,1H3,(H,24,27). The Balaban J connectivity index is 1.42. The van der Waals surface area contributed by atoms with E-state index >= 15 is 0 Å². The molecule has 1 heterocycles. The molecule has 0 saturated carbocycles. The molecule has 0 aliphatic carbocycles. The Morgan fingerprint density at radius 2 is 1.80 bits per heavy atom. The molecule has 0 unspecified atom stereocenters. The molecule has 0 radical (unpaired) electrons. The van der Waals surface area contributed by atoms with Crippen molar-refractivity contribution in [1.82, 2.24) is 10.2 Å². The van der Waals surface area contributed by atoms with Gasteiger partial charge in [-0.25, -0.2) is 0 Å². The number of aromatic nitrogens is 2. The normalized spacial score (nSPS) is 10.6. The monoisotopic (exact) mass is 417 g/mol. The van der Waals surface area contributed by atoms with Gasteiger partial charge < -0.3 is 14.5 Å². The number of nitrogens with one attached hydrogen (secondary N) is 1. The number of methoxy groups -OCH3 is 1. The molecule has 30 heavy (non-hydrogen) atoms. The Hall–Kier alpha value is -3.58. The average molecular weight is 417 g/mol. The number of thioether (sulfide) groups is 1. The zero-order valence-electron chi connectivity index (χ0n) is 16.2. The lowest BCUT2D eigenvalue weighted by Crippen LogP contribution is -2.11. The number of para-hydroxylation sites is 2. The summed E-state index contributed by atoms with van der Waals surface area (Å²) in [6.45, 7) is 0. The second kappa shape index (κ2) is 9.28. The number of nitrogens with zero attached hydrogens (tertiary/aromatic N) is 2. The Bertz CT molecular complexity index is 1150. The Morgan fingerprint density at radius 1 is 1.00 bits per heavy atom. The highest BCUT2D eigenvalue weighted by Crippen LogP contribution is 2.31. The first-order valence-corrected chi connectivity index (χ1v) is 10.3. The minimum Gasteiger partial charge on any atom is -0.496 e. The largest absolute Gasteiger partial charge is 0.496 e. The van der Waals surface area contributed by atoms with E-state index in [1.54, 1.807) is 13.2 Å². The van der Waals surface area contributed by atoms with Gasteiger partial charge in [-0.1, -0.05) is 54.2 Å². The summed E-state index contributed by atoms with van der Waals surface area (Å²) < 4.78 is 11.1. The van der Waals surface area contributed by atoms with Crippen LogP contribution in [0.5, 0.6) is 5.75 Å². The fourth-order valence-corrected chi connectivity index (χ4v) is 3.58. The lowest BCUT2D eigenvalue weighted by atomic mass is 10.1. The molecule has 0 aliphatic heterocycles. The van der Waals surface area contributed by atoms with Gasteiger partial charge in [-0.05, 0) is 42.0 Å². The molecule has 1 amide bonds. The summed E-state index contributed by atoms with van der Waals surface area (Å²) in [7, 11) is 1.60. The molecule has 0 atom stereocenters. The van der Waals surface area contributed by atoms with E-state index in [4.69, 9.17) is 9.15 Å². The van der Waals surface area contributed by atoms with E-state index in [2.05, 4.69) is 15.5 Å². The second-order valence-corrected chi connectivity index (χ2v) is 7.31. The summed E-state index contributed by atoms with van der Waals surface area (Å²) in [5, 5.41) is 11.6. The quantitative estimate of drug-likeness (QED) is 0.412. The molecule has 0 saturated heterocycles. The molecule has 0 fully saturated rings. The third-order valence-electron chi connectivity index (χ3n) is 4.33. The molecule has 1 N–H and O–H groups in total. The number of hydrogen-bond donors (Lipinski definition) is 1. The van der Waals surface area contributed by atoms with Gasteiger partial charge in [-0.3, -0.25) is 4.79 Å². The minimum absolute atomic E-state index is 0.149. The second-order valence-electron chi connectivity index (χ2n) is 6.38. The molecular weight excluding hydrogens is 398 g/mol. The first-order chi connectivity index (χ1) is 14.7. The van der Waals surface area contributed by atoms with E-state index < -0.39 is 0 Å². The van der Waals surface area contributed by atoms with Crippen LogP contribution in [0.1, 0.15) is 15.9 Å². The predicted octanol–water partition coefficient (Wildman–Crippen LogP) is 5.29. The third kappa shape index (κ3) is 4.69. The molecule has 4 rings (SSSR count). The lowest BCUT2D eigenvalue weighted by Gasteiger charge is -2.06. The highest BCUT2D eigenvalue weighted by molar-refractivity contribution is 7.98. The van der Waals surface area contributed by atoms with E-state index in [1.807, 2.05) is 72.8 Å². The number of hydrogen-bond acceptors (Lipinski definition) is 6. The summed E-state index contributed by atoms with van der Waals surface area (Å²) in [5.74, 6) is 1.53. The molecule has 1 aromatic heterocycles. The van der Waals surface area contributed by atoms with Gasteiger partial charge in [0.25, 0.3) is 17.0 Å². The van der Waals surface area contributed by atoms with Crippen molar-refractivity contribution in [2.45, 2.75) is 11.0 Å². The van der Waals surface area contributed by atoms with Crippen LogP contribution >= 0.6 is 11.8 Å². The van der Waals surface area contributed by atoms with E-state index in [-0.39, 0.29) is 5.91 Å². The van der Waals surface area contributed by atoms with Gasteiger partial charge in [0.05, 0.1) is 12.7 Å². The van der Waals surface area contributed by atoms with E-state index in [0.29, 0.717) is 28.2 Å². The summed E-state index contributed by atoms with van der Waals surface area (Å²) in [5.41, 5.74) is 3.09. The summed E-state index contributed by atoms with van der Waals surface area (Å²) in [4.78, 5) is 12.5. The molecule has 0 spiro atoms. The van der Waals surface area contributed by atoms with Crippen molar-refractivity contribution in [2.75, 3.05) is 12.4 Å². The average Bonchev–Trinajstić information content (AvgIpc) is 3.27. The third-order valence-corrected chi connectivity index (χ3v) is 5.22. The van der Waals surface area contributed by atoms with Crippen molar-refractivity contribution < 1.29 is 13.9 Å². The maximum Gasteiger partial charge on any atom is 0.277 e. The number of carbonyl (C=O) groups is 1. The van der Waals surface area contributed by atoms with Crippen LogP contribution in [0.15, 0.2) is 88.5 Å². The zero-order chi connectivity index (χ0) is 20.8. The predicted molar refractivity (Wildman–Crippen MR) is 117 cm³/mol. The van der Waals surface area contributed by atoms with Crippen LogP contribution in [-0.2, 0) is 5.75 Å². The highest BCUT2D eigenvalue weighted by Gasteiger charge is 2.14. The van der Waals surface area contributed by atoms with Crippen molar-refractivity contribution in [3.8, 4) is 17.2 Å². The van der Waals surface area contributed by atoms with Crippen LogP contribution in [-0.4, -0.2) is 23.2 Å². The fourth-order valence-electron chi connectivity index (χ4n) is 2.87. The van der Waals surface area contributed by atoms with Gasteiger partial charge in [0.2, 0.25) is 0 Å². The van der Waals surface area contributed by atoms with Crippen LogP contribution in [0.3, 0.4) is 0 Å². The van der Waals surface area contributed by atoms with Crippen molar-refractivity contribution in [3.63, 3.8) is 0 Å². The SMILES string of the molecule is COc1ccccc1-c1nnc(SCc2cccc(C(=O)Nc3ccccc3)c2)o1. The molecule has 7 heteroatoms. The summed E-state index contributed by atoms with van der Waals surface area (Å²) in [6, 6.07) is 24.3. The number of amides is 1. The Kier molecular flexibility index (Phi) is 6.10. The summed E-state index contributed by atoms with van der Waals surface area (Å²) in [6.07, 6.45) is 0. The van der Waals surface area contributed by atoms with Gasteiger partial charge in [0.1, 0.15) is 5.75 Å². The number of rotatable bonds is 7. The van der Waals surface area contributed by atoms with Crippen LogP contribution in [0, 0.1) is 0 Å². The fraction of sp³-hybridized carbons (Fsp3) is 0.0870. The first kappa shape index (κ1) is 19.7. The van der Waals surface area contributed by atoms with Gasteiger partial charge >= 0.3 is 0 Å². The van der Waals surface area contributed by atoms with Gasteiger partial charge in [0.15, 0.2) is 0 Å². The number of anilines is 1. The lowest BCUT2D eigenvalue weighted by molar-refractivity contribution is 0.102. The molecule has 0 bridgehead atoms. The van der Waals surface area contributed by atoms with Crippen LogP contribution in [0.4, 0.5) is 5.69 Å². The molecular formula is C23H19N3O3S. The van der Waals surface area contributed by atoms with Crippen LogP contribution in [0.25, 0.3) is 11.5 Å². The van der Waals surface area contributed by atoms with Crippen molar-refractivity contribution in [1.29, 1.82) is 0 Å². The van der Waals surface area contributed by atoms with Crippen molar-refractivity contribution in [3.05, 3.63) is 90.0 Å². The molecule has 3 aromatic carbocycles. The maximum atomic E-state index is 12.5. The molecule has 4 aromatic rings. The van der Waals surface area contributed by atoms with E-state index in [0.717, 1.165) is 16.8 Å². The molecule has 150 valence electrons. The van der Waals surface area contributed by atoms with Crippen molar-refractivity contribution >= 4 is 23.4 Å². The summed E-state index contributed by atoms with van der Waals surface area (Å²) >= 11 is 1.41. The minimum atomic E-state index is -0.149. The smallest absolute Gasteiger partial charge is 0.277 e. The van der Waals surface area contributed by atoms with Crippen molar-refractivity contribution in [2.24, 2.45) is 0 Å². The highest BCUT2D eigenvalue weighted by atomic mass is 32.2. The number of benzene rings is 3. The number of ether oxygens (including phenoxy) is 1.